The van der Waals surface area contributed by atoms with Crippen molar-refractivity contribution in [2.24, 2.45) is 0 Å². The Balaban J connectivity index is 2.08. The van der Waals surface area contributed by atoms with Crippen molar-refractivity contribution in [1.82, 2.24) is 9.78 Å². The lowest BCUT2D eigenvalue weighted by molar-refractivity contribution is 0.477. The first kappa shape index (κ1) is 15.0. The number of aromatic nitrogens is 2. The molecule has 1 aromatic heterocycles. The normalized spacial score (nSPS) is 10.7. The predicted molar refractivity (Wildman–Crippen MR) is 98.9 cm³/mol. The van der Waals surface area contributed by atoms with Gasteiger partial charge in [-0.05, 0) is 29.8 Å². The second kappa shape index (κ2) is 6.17. The number of nitrogens with zero attached hydrogens (tertiary/aromatic N) is 1. The average Bonchev–Trinajstić information content (AvgIpc) is 3.00. The number of hydrogen-bond donors (Lipinski definition) is 2. The minimum Gasteiger partial charge on any atom is -0.507 e. The third-order valence-electron chi connectivity index (χ3n) is 4.14. The highest BCUT2D eigenvalue weighted by molar-refractivity contribution is 5.84. The Morgan fingerprint density at radius 1 is 0.760 bits per heavy atom. The molecule has 0 unspecified atom stereocenters. The Morgan fingerprint density at radius 3 is 2.04 bits per heavy atom. The Labute approximate surface area is 144 Å². The first-order valence-corrected chi connectivity index (χ1v) is 8.00. The number of hydrogen-bond acceptors (Lipinski definition) is 2. The Kier molecular flexibility index (Phi) is 3.71. The number of para-hydroxylation sites is 2. The second-order valence-corrected chi connectivity index (χ2v) is 5.72. The molecule has 0 fully saturated rings. The maximum absolute atomic E-state index is 12.8. The van der Waals surface area contributed by atoms with Gasteiger partial charge >= 0.3 is 0 Å². The minimum atomic E-state index is -0.201. The molecule has 25 heavy (non-hydrogen) atoms. The minimum absolute atomic E-state index is 0.128. The fraction of sp³-hybridized carbons (Fsp3) is 0. The summed E-state index contributed by atoms with van der Waals surface area (Å²) in [6.07, 6.45) is 0. The molecule has 3 aromatic carbocycles. The molecule has 0 saturated heterocycles. The van der Waals surface area contributed by atoms with E-state index in [1.165, 1.54) is 0 Å². The molecule has 0 bridgehead atoms. The quantitative estimate of drug-likeness (QED) is 0.592. The summed E-state index contributed by atoms with van der Waals surface area (Å²) in [5, 5.41) is 13.3. The number of aromatic hydroxyl groups is 1. The molecule has 4 nitrogen and oxygen atoms in total. The van der Waals surface area contributed by atoms with Crippen LogP contribution in [0.3, 0.4) is 0 Å². The van der Waals surface area contributed by atoms with E-state index in [9.17, 15) is 9.90 Å². The number of phenolic OH excluding ortho intramolecular Hbond substituents is 1. The second-order valence-electron chi connectivity index (χ2n) is 5.72. The lowest BCUT2D eigenvalue weighted by Gasteiger charge is -2.12. The average molecular weight is 328 g/mol. The number of H-pyrrole nitrogens is 1. The molecule has 0 aliphatic heterocycles. The van der Waals surface area contributed by atoms with E-state index < -0.39 is 0 Å². The van der Waals surface area contributed by atoms with Crippen molar-refractivity contribution in [3.05, 3.63) is 95.3 Å². The third-order valence-corrected chi connectivity index (χ3v) is 4.14. The monoisotopic (exact) mass is 328 g/mol. The van der Waals surface area contributed by atoms with Crippen LogP contribution in [-0.4, -0.2) is 14.9 Å². The molecule has 0 amide bonds. The van der Waals surface area contributed by atoms with Gasteiger partial charge in [0, 0.05) is 5.56 Å². The van der Waals surface area contributed by atoms with Crippen molar-refractivity contribution >= 4 is 0 Å². The molecule has 0 aliphatic rings. The number of aromatic amines is 1. The van der Waals surface area contributed by atoms with Crippen molar-refractivity contribution in [1.29, 1.82) is 0 Å². The summed E-state index contributed by atoms with van der Waals surface area (Å²) in [6, 6.07) is 26.1. The third kappa shape index (κ3) is 2.64. The zero-order valence-electron chi connectivity index (χ0n) is 13.4. The highest BCUT2D eigenvalue weighted by atomic mass is 16.3. The molecular weight excluding hydrogens is 312 g/mol. The maximum atomic E-state index is 12.8. The van der Waals surface area contributed by atoms with E-state index in [1.54, 1.807) is 16.8 Å². The van der Waals surface area contributed by atoms with Crippen molar-refractivity contribution in [3.63, 3.8) is 0 Å². The summed E-state index contributed by atoms with van der Waals surface area (Å²) >= 11 is 0. The Morgan fingerprint density at radius 2 is 1.36 bits per heavy atom. The van der Waals surface area contributed by atoms with Gasteiger partial charge in [-0.15, -0.1) is 0 Å². The smallest absolute Gasteiger partial charge is 0.272 e. The molecule has 1 heterocycles. The van der Waals surface area contributed by atoms with Crippen LogP contribution < -0.4 is 5.56 Å². The van der Waals surface area contributed by atoms with Crippen molar-refractivity contribution in [3.8, 4) is 33.8 Å². The van der Waals surface area contributed by atoms with E-state index in [2.05, 4.69) is 5.10 Å². The Hall–Kier alpha value is -3.53. The van der Waals surface area contributed by atoms with Gasteiger partial charge in [0.05, 0.1) is 16.9 Å². The molecule has 0 radical (unpaired) electrons. The maximum Gasteiger partial charge on any atom is 0.272 e. The summed E-state index contributed by atoms with van der Waals surface area (Å²) < 4.78 is 1.72. The SMILES string of the molecule is O=c1[nH]n(-c2ccccc2)c(-c2ccccc2O)c1-c1ccccc1. The van der Waals surface area contributed by atoms with Crippen LogP contribution in [0.1, 0.15) is 0 Å². The van der Waals surface area contributed by atoms with Crippen LogP contribution >= 0.6 is 0 Å². The van der Waals surface area contributed by atoms with Gasteiger partial charge in [0.1, 0.15) is 5.75 Å². The number of benzene rings is 3. The molecule has 4 rings (SSSR count). The van der Waals surface area contributed by atoms with Crippen LogP contribution in [0.2, 0.25) is 0 Å². The van der Waals surface area contributed by atoms with Gasteiger partial charge in [-0.1, -0.05) is 60.7 Å². The fourth-order valence-electron chi connectivity index (χ4n) is 3.01. The number of rotatable bonds is 3. The van der Waals surface area contributed by atoms with Crippen LogP contribution in [0, 0.1) is 0 Å². The van der Waals surface area contributed by atoms with Crippen molar-refractivity contribution in [2.45, 2.75) is 0 Å². The van der Waals surface area contributed by atoms with Crippen LogP contribution in [0.4, 0.5) is 0 Å². The van der Waals surface area contributed by atoms with E-state index in [1.807, 2.05) is 72.8 Å². The molecule has 4 aromatic rings. The summed E-state index contributed by atoms with van der Waals surface area (Å²) in [6.45, 7) is 0. The molecule has 0 saturated carbocycles. The summed E-state index contributed by atoms with van der Waals surface area (Å²) in [4.78, 5) is 12.8. The van der Waals surface area contributed by atoms with E-state index in [0.717, 1.165) is 11.3 Å². The van der Waals surface area contributed by atoms with Crippen molar-refractivity contribution in [2.75, 3.05) is 0 Å². The molecule has 122 valence electrons. The van der Waals surface area contributed by atoms with E-state index in [-0.39, 0.29) is 11.3 Å². The van der Waals surface area contributed by atoms with Crippen LogP contribution in [0.15, 0.2) is 89.7 Å². The van der Waals surface area contributed by atoms with Gasteiger partial charge in [0.2, 0.25) is 0 Å². The zero-order chi connectivity index (χ0) is 17.2. The molecule has 0 aliphatic carbocycles. The van der Waals surface area contributed by atoms with Gasteiger partial charge in [-0.3, -0.25) is 14.6 Å². The largest absolute Gasteiger partial charge is 0.507 e. The van der Waals surface area contributed by atoms with E-state index in [4.69, 9.17) is 0 Å². The van der Waals surface area contributed by atoms with Crippen LogP contribution in [0.25, 0.3) is 28.1 Å². The van der Waals surface area contributed by atoms with Gasteiger partial charge in [-0.2, -0.15) is 0 Å². The summed E-state index contributed by atoms with van der Waals surface area (Å²) in [5.74, 6) is 0.128. The number of nitrogens with one attached hydrogen (secondary N) is 1. The Bertz CT molecular complexity index is 1060. The van der Waals surface area contributed by atoms with Gasteiger partial charge in [-0.25, -0.2) is 0 Å². The first-order valence-electron chi connectivity index (χ1n) is 8.00. The molecule has 2 N–H and O–H groups in total. The summed E-state index contributed by atoms with van der Waals surface area (Å²) in [7, 11) is 0. The fourth-order valence-corrected chi connectivity index (χ4v) is 3.01. The van der Waals surface area contributed by atoms with Gasteiger partial charge in [0.15, 0.2) is 0 Å². The van der Waals surface area contributed by atoms with E-state index in [0.29, 0.717) is 16.8 Å². The van der Waals surface area contributed by atoms with E-state index >= 15 is 0 Å². The van der Waals surface area contributed by atoms with Crippen LogP contribution in [0.5, 0.6) is 5.75 Å². The predicted octanol–water partition coefficient (Wildman–Crippen LogP) is 4.21. The highest BCUT2D eigenvalue weighted by Crippen LogP contribution is 2.36. The molecule has 4 heteroatoms. The van der Waals surface area contributed by atoms with Crippen LogP contribution in [-0.2, 0) is 0 Å². The summed E-state index contributed by atoms with van der Waals surface area (Å²) in [5.41, 5.74) is 3.19. The van der Waals surface area contributed by atoms with Gasteiger partial charge in [0.25, 0.3) is 5.56 Å². The zero-order valence-corrected chi connectivity index (χ0v) is 13.4. The standard InChI is InChI=1S/C21H16N2O2/c24-18-14-8-7-13-17(18)20-19(15-9-3-1-4-10-15)21(25)22-23(20)16-11-5-2-6-12-16/h1-14,24H,(H,22,25). The first-order chi connectivity index (χ1) is 12.3. The topological polar surface area (TPSA) is 58.0 Å². The molecular formula is C21H16N2O2. The molecule has 0 spiro atoms. The molecule has 0 atom stereocenters. The highest BCUT2D eigenvalue weighted by Gasteiger charge is 2.21. The number of phenols is 1. The van der Waals surface area contributed by atoms with Gasteiger partial charge < -0.3 is 5.11 Å². The van der Waals surface area contributed by atoms with Crippen molar-refractivity contribution < 1.29 is 5.11 Å². The lowest BCUT2D eigenvalue weighted by atomic mass is 10.0. The lowest BCUT2D eigenvalue weighted by Crippen LogP contribution is -2.05.